The molecule has 2 rings (SSSR count). The highest BCUT2D eigenvalue weighted by atomic mass is 32.2. The van der Waals surface area contributed by atoms with E-state index in [2.05, 4.69) is 22.1 Å². The molecule has 0 radical (unpaired) electrons. The zero-order chi connectivity index (χ0) is 14.6. The SMILES string of the molecule is CC1CCCC(NS(=O)(=O)c2ncccc2NN)CC1. The van der Waals surface area contributed by atoms with Gasteiger partial charge in [0.1, 0.15) is 0 Å². The second-order valence-corrected chi connectivity index (χ2v) is 7.06. The summed E-state index contributed by atoms with van der Waals surface area (Å²) in [7, 11) is -3.64. The van der Waals surface area contributed by atoms with Gasteiger partial charge in [-0.1, -0.05) is 19.8 Å². The van der Waals surface area contributed by atoms with E-state index >= 15 is 0 Å². The molecule has 6 nitrogen and oxygen atoms in total. The molecule has 1 aromatic rings. The van der Waals surface area contributed by atoms with E-state index in [0.717, 1.165) is 32.1 Å². The fourth-order valence-corrected chi connectivity index (χ4v) is 4.00. The molecule has 1 aliphatic rings. The molecule has 0 bridgehead atoms. The second kappa shape index (κ2) is 6.51. The lowest BCUT2D eigenvalue weighted by Gasteiger charge is -2.17. The van der Waals surface area contributed by atoms with Crippen molar-refractivity contribution >= 4 is 15.7 Å². The molecule has 0 aliphatic heterocycles. The van der Waals surface area contributed by atoms with E-state index in [1.807, 2.05) is 0 Å². The number of nitrogen functional groups attached to an aromatic ring is 1. The average Bonchev–Trinajstić information content (AvgIpc) is 2.63. The van der Waals surface area contributed by atoms with Gasteiger partial charge in [0.25, 0.3) is 10.0 Å². The Morgan fingerprint density at radius 2 is 2.10 bits per heavy atom. The van der Waals surface area contributed by atoms with Crippen molar-refractivity contribution < 1.29 is 8.42 Å². The molecule has 1 saturated carbocycles. The van der Waals surface area contributed by atoms with Gasteiger partial charge in [0, 0.05) is 12.2 Å². The third kappa shape index (κ3) is 3.68. The molecule has 0 aromatic carbocycles. The summed E-state index contributed by atoms with van der Waals surface area (Å²) in [4.78, 5) is 3.93. The van der Waals surface area contributed by atoms with E-state index in [-0.39, 0.29) is 11.1 Å². The summed E-state index contributed by atoms with van der Waals surface area (Å²) in [6.45, 7) is 2.21. The highest BCUT2D eigenvalue weighted by Gasteiger charge is 2.25. The standard InChI is InChI=1S/C13H22N4O2S/c1-10-4-2-5-11(8-7-10)17-20(18,19)13-12(16-14)6-3-9-15-13/h3,6,9-11,16-17H,2,4-5,7-8,14H2,1H3. The first-order valence-corrected chi connectivity index (χ1v) is 8.45. The number of hydrazine groups is 1. The van der Waals surface area contributed by atoms with Crippen LogP contribution in [0.15, 0.2) is 23.4 Å². The van der Waals surface area contributed by atoms with E-state index in [1.54, 1.807) is 12.1 Å². The fraction of sp³-hybridized carbons (Fsp3) is 0.615. The molecule has 1 heterocycles. The van der Waals surface area contributed by atoms with E-state index in [1.165, 1.54) is 6.20 Å². The Hall–Kier alpha value is -1.18. The van der Waals surface area contributed by atoms with Crippen molar-refractivity contribution in [3.8, 4) is 0 Å². The molecule has 4 N–H and O–H groups in total. The summed E-state index contributed by atoms with van der Waals surface area (Å²) in [5.41, 5.74) is 2.68. The number of nitrogens with two attached hydrogens (primary N) is 1. The van der Waals surface area contributed by atoms with Crippen LogP contribution in [-0.2, 0) is 10.0 Å². The van der Waals surface area contributed by atoms with Gasteiger partial charge in [0.05, 0.1) is 5.69 Å². The van der Waals surface area contributed by atoms with Gasteiger partial charge in [-0.25, -0.2) is 18.1 Å². The third-order valence-corrected chi connectivity index (χ3v) is 5.24. The minimum absolute atomic E-state index is 0.0161. The highest BCUT2D eigenvalue weighted by Crippen LogP contribution is 2.24. The van der Waals surface area contributed by atoms with E-state index in [4.69, 9.17) is 5.84 Å². The number of hydrogen-bond donors (Lipinski definition) is 3. The number of rotatable bonds is 4. The van der Waals surface area contributed by atoms with Crippen LogP contribution in [0.25, 0.3) is 0 Å². The zero-order valence-corrected chi connectivity index (χ0v) is 12.5. The number of nitrogens with zero attached hydrogens (tertiary/aromatic N) is 1. The topological polar surface area (TPSA) is 97.1 Å². The van der Waals surface area contributed by atoms with Crippen molar-refractivity contribution in [2.45, 2.75) is 50.1 Å². The normalized spacial score (nSPS) is 24.1. The van der Waals surface area contributed by atoms with Crippen LogP contribution in [0.1, 0.15) is 39.0 Å². The lowest BCUT2D eigenvalue weighted by atomic mass is 10.0. The van der Waals surface area contributed by atoms with Gasteiger partial charge < -0.3 is 5.43 Å². The van der Waals surface area contributed by atoms with Gasteiger partial charge in [0.2, 0.25) is 0 Å². The van der Waals surface area contributed by atoms with Crippen LogP contribution in [0.3, 0.4) is 0 Å². The summed E-state index contributed by atoms with van der Waals surface area (Å²) >= 11 is 0. The van der Waals surface area contributed by atoms with Gasteiger partial charge in [-0.05, 0) is 37.3 Å². The van der Waals surface area contributed by atoms with Crippen molar-refractivity contribution in [3.05, 3.63) is 18.3 Å². The molecule has 112 valence electrons. The summed E-state index contributed by atoms with van der Waals surface area (Å²) in [6, 6.07) is 3.22. The number of nitrogens with one attached hydrogen (secondary N) is 2. The molecule has 20 heavy (non-hydrogen) atoms. The number of anilines is 1. The van der Waals surface area contributed by atoms with Crippen LogP contribution in [0.2, 0.25) is 0 Å². The van der Waals surface area contributed by atoms with Crippen LogP contribution >= 0.6 is 0 Å². The Labute approximate surface area is 120 Å². The molecule has 7 heteroatoms. The van der Waals surface area contributed by atoms with Gasteiger partial charge in [0.15, 0.2) is 5.03 Å². The van der Waals surface area contributed by atoms with Crippen molar-refractivity contribution in [1.82, 2.24) is 9.71 Å². The molecular weight excluding hydrogens is 276 g/mol. The molecule has 0 saturated heterocycles. The fourth-order valence-electron chi connectivity index (χ4n) is 2.59. The molecule has 1 fully saturated rings. The van der Waals surface area contributed by atoms with Crippen LogP contribution in [0, 0.1) is 5.92 Å². The van der Waals surface area contributed by atoms with Gasteiger partial charge in [-0.3, -0.25) is 5.84 Å². The Morgan fingerprint density at radius 3 is 2.85 bits per heavy atom. The monoisotopic (exact) mass is 298 g/mol. The molecule has 2 atom stereocenters. The molecule has 1 aromatic heterocycles. The highest BCUT2D eigenvalue weighted by molar-refractivity contribution is 7.89. The lowest BCUT2D eigenvalue weighted by molar-refractivity contribution is 0.484. The smallest absolute Gasteiger partial charge is 0.260 e. The molecular formula is C13H22N4O2S. The van der Waals surface area contributed by atoms with Crippen molar-refractivity contribution in [2.24, 2.45) is 11.8 Å². The zero-order valence-electron chi connectivity index (χ0n) is 11.7. The van der Waals surface area contributed by atoms with Gasteiger partial charge >= 0.3 is 0 Å². The first kappa shape index (κ1) is 15.2. The first-order chi connectivity index (χ1) is 9.53. The van der Waals surface area contributed by atoms with Crippen LogP contribution in [0.4, 0.5) is 5.69 Å². The van der Waals surface area contributed by atoms with E-state index in [0.29, 0.717) is 11.6 Å². The third-order valence-electron chi connectivity index (χ3n) is 3.76. The Morgan fingerprint density at radius 1 is 1.30 bits per heavy atom. The van der Waals surface area contributed by atoms with Crippen LogP contribution in [0.5, 0.6) is 0 Å². The second-order valence-electron chi connectivity index (χ2n) is 5.43. The Bertz CT molecular complexity index is 547. The van der Waals surface area contributed by atoms with E-state index in [9.17, 15) is 8.42 Å². The quantitative estimate of drug-likeness (QED) is 0.446. The Balaban J connectivity index is 2.14. The molecule has 0 spiro atoms. The van der Waals surface area contributed by atoms with Crippen molar-refractivity contribution in [1.29, 1.82) is 0 Å². The number of hydrogen-bond acceptors (Lipinski definition) is 5. The number of pyridine rings is 1. The number of aromatic nitrogens is 1. The average molecular weight is 298 g/mol. The summed E-state index contributed by atoms with van der Waals surface area (Å²) < 4.78 is 27.6. The predicted octanol–water partition coefficient (Wildman–Crippen LogP) is 1.61. The number of sulfonamides is 1. The maximum atomic E-state index is 12.4. The van der Waals surface area contributed by atoms with Gasteiger partial charge in [-0.2, -0.15) is 0 Å². The molecule has 1 aliphatic carbocycles. The molecule has 2 unspecified atom stereocenters. The van der Waals surface area contributed by atoms with Crippen molar-refractivity contribution in [3.63, 3.8) is 0 Å². The predicted molar refractivity (Wildman–Crippen MR) is 78.4 cm³/mol. The van der Waals surface area contributed by atoms with Crippen LogP contribution < -0.4 is 16.0 Å². The summed E-state index contributed by atoms with van der Waals surface area (Å²) in [5.74, 6) is 6.01. The minimum atomic E-state index is -3.64. The van der Waals surface area contributed by atoms with Gasteiger partial charge in [-0.15, -0.1) is 0 Å². The van der Waals surface area contributed by atoms with Crippen molar-refractivity contribution in [2.75, 3.05) is 5.43 Å². The van der Waals surface area contributed by atoms with E-state index < -0.39 is 10.0 Å². The summed E-state index contributed by atoms with van der Waals surface area (Å²) in [6.07, 6.45) is 6.47. The largest absolute Gasteiger partial charge is 0.321 e. The molecule has 0 amide bonds. The van der Waals surface area contributed by atoms with Crippen LogP contribution in [-0.4, -0.2) is 19.4 Å². The maximum absolute atomic E-state index is 12.4. The Kier molecular flexibility index (Phi) is 4.95. The lowest BCUT2D eigenvalue weighted by Crippen LogP contribution is -2.35. The summed E-state index contributed by atoms with van der Waals surface area (Å²) in [5, 5.41) is -0.0419. The minimum Gasteiger partial charge on any atom is -0.321 e. The maximum Gasteiger partial charge on any atom is 0.260 e. The first-order valence-electron chi connectivity index (χ1n) is 6.97.